The Morgan fingerprint density at radius 3 is 2.59 bits per heavy atom. The SMILES string of the molecule is CCC[C@@H](C)N1CC2(CCN(C(=O)CCc3c(C)noc3C)CC2)OC1=O. The van der Waals surface area contributed by atoms with E-state index in [1.807, 2.05) is 23.6 Å². The number of carbonyl (C=O) groups excluding carboxylic acids is 2. The molecule has 1 aromatic rings. The Morgan fingerprint density at radius 2 is 2.00 bits per heavy atom. The molecule has 0 aliphatic carbocycles. The van der Waals surface area contributed by atoms with Crippen LogP contribution in [-0.2, 0) is 16.0 Å². The van der Waals surface area contributed by atoms with Gasteiger partial charge in [-0.25, -0.2) is 4.79 Å². The Morgan fingerprint density at radius 1 is 1.30 bits per heavy atom. The van der Waals surface area contributed by atoms with Crippen molar-refractivity contribution in [2.24, 2.45) is 0 Å². The molecular formula is C20H31N3O4. The summed E-state index contributed by atoms with van der Waals surface area (Å²) >= 11 is 0. The summed E-state index contributed by atoms with van der Waals surface area (Å²) in [6.07, 6.45) is 4.36. The molecule has 1 atom stereocenters. The summed E-state index contributed by atoms with van der Waals surface area (Å²) in [5.41, 5.74) is 1.47. The van der Waals surface area contributed by atoms with Gasteiger partial charge in [0.2, 0.25) is 5.91 Å². The Bertz CT molecular complexity index is 672. The molecule has 27 heavy (non-hydrogen) atoms. The van der Waals surface area contributed by atoms with Gasteiger partial charge in [0.15, 0.2) is 0 Å². The highest BCUT2D eigenvalue weighted by atomic mass is 16.6. The van der Waals surface area contributed by atoms with Gasteiger partial charge in [-0.2, -0.15) is 0 Å². The molecule has 3 heterocycles. The topological polar surface area (TPSA) is 75.9 Å². The third kappa shape index (κ3) is 4.12. The van der Waals surface area contributed by atoms with Gasteiger partial charge >= 0.3 is 6.09 Å². The van der Waals surface area contributed by atoms with E-state index in [1.54, 1.807) is 0 Å². The lowest BCUT2D eigenvalue weighted by molar-refractivity contribution is -0.134. The zero-order chi connectivity index (χ0) is 19.6. The third-order valence-electron chi connectivity index (χ3n) is 6.03. The maximum atomic E-state index is 12.6. The van der Waals surface area contributed by atoms with Crippen LogP contribution in [0.1, 0.15) is 63.0 Å². The molecular weight excluding hydrogens is 346 g/mol. The zero-order valence-electron chi connectivity index (χ0n) is 16.9. The van der Waals surface area contributed by atoms with Crippen molar-refractivity contribution >= 4 is 12.0 Å². The molecule has 0 bridgehead atoms. The number of aromatic nitrogens is 1. The van der Waals surface area contributed by atoms with Crippen molar-refractivity contribution in [1.29, 1.82) is 0 Å². The van der Waals surface area contributed by atoms with E-state index < -0.39 is 5.60 Å². The van der Waals surface area contributed by atoms with Crippen LogP contribution in [0.3, 0.4) is 0 Å². The number of piperidine rings is 1. The minimum absolute atomic E-state index is 0.144. The van der Waals surface area contributed by atoms with E-state index in [-0.39, 0.29) is 18.0 Å². The second kappa shape index (κ2) is 7.90. The van der Waals surface area contributed by atoms with Crippen molar-refractivity contribution < 1.29 is 18.8 Å². The molecule has 0 aromatic carbocycles. The van der Waals surface area contributed by atoms with Crippen LogP contribution in [0.4, 0.5) is 4.79 Å². The first-order valence-electron chi connectivity index (χ1n) is 10.0. The number of ether oxygens (including phenoxy) is 1. The van der Waals surface area contributed by atoms with Crippen LogP contribution < -0.4 is 0 Å². The number of aryl methyl sites for hydroxylation is 2. The Balaban J connectivity index is 1.51. The summed E-state index contributed by atoms with van der Waals surface area (Å²) in [7, 11) is 0. The number of likely N-dealkylation sites (tertiary alicyclic amines) is 1. The fourth-order valence-electron chi connectivity index (χ4n) is 4.23. The molecule has 2 aliphatic rings. The number of nitrogens with zero attached hydrogens (tertiary/aromatic N) is 3. The molecule has 2 aliphatic heterocycles. The first kappa shape index (κ1) is 19.7. The molecule has 2 saturated heterocycles. The highest BCUT2D eigenvalue weighted by Gasteiger charge is 2.48. The second-order valence-electron chi connectivity index (χ2n) is 8.00. The molecule has 1 spiro atoms. The van der Waals surface area contributed by atoms with Gasteiger partial charge in [-0.15, -0.1) is 0 Å². The van der Waals surface area contributed by atoms with E-state index >= 15 is 0 Å². The van der Waals surface area contributed by atoms with Crippen molar-refractivity contribution in [3.8, 4) is 0 Å². The zero-order valence-corrected chi connectivity index (χ0v) is 16.9. The van der Waals surface area contributed by atoms with E-state index in [0.717, 1.165) is 29.9 Å². The monoisotopic (exact) mass is 377 g/mol. The van der Waals surface area contributed by atoms with Gasteiger partial charge in [0.1, 0.15) is 11.4 Å². The van der Waals surface area contributed by atoms with Gasteiger partial charge in [-0.1, -0.05) is 18.5 Å². The van der Waals surface area contributed by atoms with Gasteiger partial charge in [-0.3, -0.25) is 4.79 Å². The van der Waals surface area contributed by atoms with Crippen molar-refractivity contribution in [3.05, 3.63) is 17.0 Å². The first-order chi connectivity index (χ1) is 12.8. The van der Waals surface area contributed by atoms with Crippen LogP contribution in [0.2, 0.25) is 0 Å². The van der Waals surface area contributed by atoms with E-state index in [9.17, 15) is 9.59 Å². The molecule has 0 saturated carbocycles. The molecule has 2 amide bonds. The standard InChI is InChI=1S/C20H31N3O4/c1-5-6-14(2)23-13-20(26-19(23)25)9-11-22(12-10-20)18(24)8-7-17-15(3)21-27-16(17)4/h14H,5-13H2,1-4H3/t14-/m1/s1. The lowest BCUT2D eigenvalue weighted by Gasteiger charge is -2.37. The van der Waals surface area contributed by atoms with Crippen LogP contribution in [0, 0.1) is 13.8 Å². The summed E-state index contributed by atoms with van der Waals surface area (Å²) in [5.74, 6) is 0.933. The highest BCUT2D eigenvalue weighted by molar-refractivity contribution is 5.77. The van der Waals surface area contributed by atoms with Gasteiger partial charge in [0.25, 0.3) is 0 Å². The average molecular weight is 377 g/mol. The molecule has 0 radical (unpaired) electrons. The predicted octanol–water partition coefficient (Wildman–Crippen LogP) is 3.23. The summed E-state index contributed by atoms with van der Waals surface area (Å²) in [4.78, 5) is 28.6. The van der Waals surface area contributed by atoms with Crippen LogP contribution >= 0.6 is 0 Å². The van der Waals surface area contributed by atoms with Gasteiger partial charge in [0.05, 0.1) is 12.2 Å². The normalized spacial score (nSPS) is 20.2. The summed E-state index contributed by atoms with van der Waals surface area (Å²) in [5, 5.41) is 3.94. The molecule has 7 nitrogen and oxygen atoms in total. The molecule has 150 valence electrons. The van der Waals surface area contributed by atoms with Gasteiger partial charge in [0, 0.05) is 44.0 Å². The smallest absolute Gasteiger partial charge is 0.410 e. The van der Waals surface area contributed by atoms with Crippen LogP contribution in [0.15, 0.2) is 4.52 Å². The molecule has 0 N–H and O–H groups in total. The first-order valence-corrected chi connectivity index (χ1v) is 10.0. The fraction of sp³-hybridized carbons (Fsp3) is 0.750. The number of rotatable bonds is 6. The number of carbonyl (C=O) groups is 2. The molecule has 3 rings (SSSR count). The lowest BCUT2D eigenvalue weighted by atomic mass is 9.90. The quantitative estimate of drug-likeness (QED) is 0.761. The maximum absolute atomic E-state index is 12.6. The van der Waals surface area contributed by atoms with Gasteiger partial charge in [-0.05, 0) is 33.6 Å². The summed E-state index contributed by atoms with van der Waals surface area (Å²) in [6, 6.07) is 0.205. The fourth-order valence-corrected chi connectivity index (χ4v) is 4.23. The maximum Gasteiger partial charge on any atom is 0.410 e. The summed E-state index contributed by atoms with van der Waals surface area (Å²) < 4.78 is 10.9. The lowest BCUT2D eigenvalue weighted by Crippen LogP contribution is -2.49. The molecule has 7 heteroatoms. The third-order valence-corrected chi connectivity index (χ3v) is 6.03. The molecule has 2 fully saturated rings. The van der Waals surface area contributed by atoms with Gasteiger partial charge < -0.3 is 19.1 Å². The van der Waals surface area contributed by atoms with E-state index in [1.165, 1.54) is 0 Å². The minimum atomic E-state index is -0.419. The molecule has 0 unspecified atom stereocenters. The molecule has 1 aromatic heterocycles. The second-order valence-corrected chi connectivity index (χ2v) is 8.00. The van der Waals surface area contributed by atoms with Crippen molar-refractivity contribution in [2.75, 3.05) is 19.6 Å². The summed E-state index contributed by atoms with van der Waals surface area (Å²) in [6.45, 7) is 9.92. The largest absolute Gasteiger partial charge is 0.441 e. The number of amides is 2. The van der Waals surface area contributed by atoms with Crippen LogP contribution in [0.25, 0.3) is 0 Å². The van der Waals surface area contributed by atoms with Crippen molar-refractivity contribution in [1.82, 2.24) is 15.0 Å². The minimum Gasteiger partial charge on any atom is -0.441 e. The Hall–Kier alpha value is -2.05. The average Bonchev–Trinajstić information content (AvgIpc) is 3.13. The number of hydrogen-bond donors (Lipinski definition) is 0. The van der Waals surface area contributed by atoms with E-state index in [4.69, 9.17) is 9.26 Å². The Labute approximate surface area is 161 Å². The Kier molecular flexibility index (Phi) is 5.77. The van der Waals surface area contributed by atoms with E-state index in [2.05, 4.69) is 19.0 Å². The van der Waals surface area contributed by atoms with Crippen LogP contribution in [0.5, 0.6) is 0 Å². The van der Waals surface area contributed by atoms with Crippen molar-refractivity contribution in [3.63, 3.8) is 0 Å². The number of hydrogen-bond acceptors (Lipinski definition) is 5. The van der Waals surface area contributed by atoms with E-state index in [0.29, 0.717) is 45.3 Å². The van der Waals surface area contributed by atoms with Crippen molar-refractivity contribution in [2.45, 2.75) is 77.9 Å². The predicted molar refractivity (Wildman–Crippen MR) is 100 cm³/mol. The highest BCUT2D eigenvalue weighted by Crippen LogP contribution is 2.35. The van der Waals surface area contributed by atoms with Crippen LogP contribution in [-0.4, -0.2) is 58.2 Å².